The Morgan fingerprint density at radius 1 is 1.69 bits per heavy atom. The monoisotopic (exact) mass is 262 g/mol. The molecule has 4 heteroatoms. The molecule has 0 radical (unpaired) electrons. The second kappa shape index (κ2) is 4.09. The minimum absolute atomic E-state index is 0.00468. The van der Waals surface area contributed by atoms with E-state index in [1.54, 1.807) is 11.3 Å². The molecule has 2 atom stereocenters. The van der Waals surface area contributed by atoms with Crippen LogP contribution in [0.3, 0.4) is 0 Å². The summed E-state index contributed by atoms with van der Waals surface area (Å²) < 4.78 is 6.42. The zero-order valence-electron chi connectivity index (χ0n) is 7.07. The van der Waals surface area contributed by atoms with Crippen LogP contribution in [-0.4, -0.2) is 17.8 Å². The van der Waals surface area contributed by atoms with E-state index in [1.165, 1.54) is 0 Å². The van der Waals surface area contributed by atoms with Gasteiger partial charge in [0.05, 0.1) is 6.10 Å². The maximum absolute atomic E-state index is 9.95. The highest BCUT2D eigenvalue weighted by Gasteiger charge is 2.27. The van der Waals surface area contributed by atoms with Crippen LogP contribution in [0.25, 0.3) is 0 Å². The lowest BCUT2D eigenvalue weighted by Gasteiger charge is -2.16. The fourth-order valence-corrected chi connectivity index (χ4v) is 3.18. The van der Waals surface area contributed by atoms with E-state index in [-0.39, 0.29) is 6.10 Å². The van der Waals surface area contributed by atoms with E-state index in [0.717, 1.165) is 28.8 Å². The first-order valence-electron chi connectivity index (χ1n) is 4.31. The molecule has 2 heterocycles. The summed E-state index contributed by atoms with van der Waals surface area (Å²) in [7, 11) is 0. The molecule has 72 valence electrons. The zero-order valence-corrected chi connectivity index (χ0v) is 9.47. The quantitative estimate of drug-likeness (QED) is 0.889. The molecule has 0 saturated carbocycles. The molecule has 1 fully saturated rings. The Hall–Kier alpha value is 0.1000. The minimum atomic E-state index is -0.461. The van der Waals surface area contributed by atoms with Crippen LogP contribution in [0.15, 0.2) is 15.9 Å². The number of thiophene rings is 1. The number of hydrogen-bond donors (Lipinski definition) is 1. The third-order valence-electron chi connectivity index (χ3n) is 2.23. The van der Waals surface area contributed by atoms with Gasteiger partial charge in [-0.3, -0.25) is 0 Å². The number of ether oxygens (including phenoxy) is 1. The molecule has 1 aromatic heterocycles. The fourth-order valence-electron chi connectivity index (χ4n) is 1.54. The second-order valence-corrected chi connectivity index (χ2v) is 4.93. The first kappa shape index (κ1) is 9.65. The standard InChI is InChI=1S/C9H11BrO2S/c10-6-3-5-13-9(6)8(11)7-2-1-4-12-7/h3,5,7-8,11H,1-2,4H2. The molecular formula is C9H11BrO2S. The van der Waals surface area contributed by atoms with Gasteiger partial charge in [0, 0.05) is 16.0 Å². The molecule has 2 nitrogen and oxygen atoms in total. The Bertz CT molecular complexity index is 281. The summed E-state index contributed by atoms with van der Waals surface area (Å²) in [5.74, 6) is 0. The lowest BCUT2D eigenvalue weighted by atomic mass is 10.1. The smallest absolute Gasteiger partial charge is 0.115 e. The van der Waals surface area contributed by atoms with Crippen LogP contribution < -0.4 is 0 Å². The predicted octanol–water partition coefficient (Wildman–Crippen LogP) is 2.72. The SMILES string of the molecule is OC(c1sccc1Br)C1CCCO1. The van der Waals surface area contributed by atoms with Gasteiger partial charge in [-0.05, 0) is 40.2 Å². The van der Waals surface area contributed by atoms with Crippen LogP contribution in [-0.2, 0) is 4.74 Å². The summed E-state index contributed by atoms with van der Waals surface area (Å²) in [6, 6.07) is 1.96. The summed E-state index contributed by atoms with van der Waals surface area (Å²) in [5.41, 5.74) is 0. The summed E-state index contributed by atoms with van der Waals surface area (Å²) in [5, 5.41) is 11.9. The first-order valence-corrected chi connectivity index (χ1v) is 5.99. The van der Waals surface area contributed by atoms with E-state index in [0.29, 0.717) is 0 Å². The maximum Gasteiger partial charge on any atom is 0.115 e. The third kappa shape index (κ3) is 1.96. The molecule has 2 rings (SSSR count). The molecule has 13 heavy (non-hydrogen) atoms. The van der Waals surface area contributed by atoms with Crippen LogP contribution in [0.2, 0.25) is 0 Å². The van der Waals surface area contributed by atoms with Crippen LogP contribution in [0.4, 0.5) is 0 Å². The third-order valence-corrected chi connectivity index (χ3v) is 4.17. The molecular weight excluding hydrogens is 252 g/mol. The summed E-state index contributed by atoms with van der Waals surface area (Å²) >= 11 is 4.98. The molecule has 1 aliphatic rings. The molecule has 1 saturated heterocycles. The number of rotatable bonds is 2. The van der Waals surface area contributed by atoms with E-state index in [1.807, 2.05) is 11.4 Å². The lowest BCUT2D eigenvalue weighted by Crippen LogP contribution is -2.16. The lowest BCUT2D eigenvalue weighted by molar-refractivity contribution is -0.00108. The summed E-state index contributed by atoms with van der Waals surface area (Å²) in [6.45, 7) is 0.782. The van der Waals surface area contributed by atoms with Crippen LogP contribution >= 0.6 is 27.3 Å². The van der Waals surface area contributed by atoms with Gasteiger partial charge in [0.1, 0.15) is 6.10 Å². The van der Waals surface area contributed by atoms with Crippen molar-refractivity contribution in [2.75, 3.05) is 6.61 Å². The topological polar surface area (TPSA) is 29.5 Å². The van der Waals surface area contributed by atoms with E-state index in [4.69, 9.17) is 4.74 Å². The van der Waals surface area contributed by atoms with Crippen molar-refractivity contribution in [3.8, 4) is 0 Å². The molecule has 0 aromatic carbocycles. The minimum Gasteiger partial charge on any atom is -0.385 e. The van der Waals surface area contributed by atoms with Crippen molar-refractivity contribution in [3.63, 3.8) is 0 Å². The Morgan fingerprint density at radius 2 is 2.54 bits per heavy atom. The van der Waals surface area contributed by atoms with Crippen LogP contribution in [0.5, 0.6) is 0 Å². The number of hydrogen-bond acceptors (Lipinski definition) is 3. The van der Waals surface area contributed by atoms with Gasteiger partial charge in [-0.2, -0.15) is 0 Å². The van der Waals surface area contributed by atoms with Gasteiger partial charge in [0.25, 0.3) is 0 Å². The average molecular weight is 263 g/mol. The van der Waals surface area contributed by atoms with Gasteiger partial charge >= 0.3 is 0 Å². The second-order valence-electron chi connectivity index (χ2n) is 3.13. The van der Waals surface area contributed by atoms with Crippen molar-refractivity contribution >= 4 is 27.3 Å². The van der Waals surface area contributed by atoms with Crippen LogP contribution in [0, 0.1) is 0 Å². The zero-order chi connectivity index (χ0) is 9.26. The summed E-state index contributed by atoms with van der Waals surface area (Å²) in [6.07, 6.45) is 1.56. The fraction of sp³-hybridized carbons (Fsp3) is 0.556. The van der Waals surface area contributed by atoms with Crippen molar-refractivity contribution in [1.82, 2.24) is 0 Å². The van der Waals surface area contributed by atoms with Crippen molar-refractivity contribution in [2.45, 2.75) is 25.0 Å². The molecule has 1 aliphatic heterocycles. The van der Waals surface area contributed by atoms with Crippen molar-refractivity contribution in [1.29, 1.82) is 0 Å². The molecule has 1 N–H and O–H groups in total. The van der Waals surface area contributed by atoms with E-state index in [9.17, 15) is 5.11 Å². The Balaban J connectivity index is 2.12. The van der Waals surface area contributed by atoms with Gasteiger partial charge in [-0.1, -0.05) is 0 Å². The summed E-state index contributed by atoms with van der Waals surface area (Å²) in [4.78, 5) is 0.979. The van der Waals surface area contributed by atoms with Gasteiger partial charge in [0.2, 0.25) is 0 Å². The van der Waals surface area contributed by atoms with Gasteiger partial charge < -0.3 is 9.84 Å². The Kier molecular flexibility index (Phi) is 3.03. The van der Waals surface area contributed by atoms with Gasteiger partial charge in [0.15, 0.2) is 0 Å². The molecule has 0 spiro atoms. The van der Waals surface area contributed by atoms with Crippen molar-refractivity contribution in [3.05, 3.63) is 20.8 Å². The van der Waals surface area contributed by atoms with E-state index >= 15 is 0 Å². The van der Waals surface area contributed by atoms with Gasteiger partial charge in [-0.15, -0.1) is 11.3 Å². The Morgan fingerprint density at radius 3 is 3.08 bits per heavy atom. The van der Waals surface area contributed by atoms with Crippen molar-refractivity contribution < 1.29 is 9.84 Å². The molecule has 0 bridgehead atoms. The molecule has 1 aromatic rings. The highest BCUT2D eigenvalue weighted by Crippen LogP contribution is 2.34. The van der Waals surface area contributed by atoms with Crippen molar-refractivity contribution in [2.24, 2.45) is 0 Å². The van der Waals surface area contributed by atoms with E-state index < -0.39 is 6.10 Å². The number of halogens is 1. The highest BCUT2D eigenvalue weighted by atomic mass is 79.9. The number of aliphatic hydroxyl groups excluding tert-OH is 1. The molecule has 2 unspecified atom stereocenters. The highest BCUT2D eigenvalue weighted by molar-refractivity contribution is 9.10. The predicted molar refractivity (Wildman–Crippen MR) is 56.0 cm³/mol. The van der Waals surface area contributed by atoms with Gasteiger partial charge in [-0.25, -0.2) is 0 Å². The molecule has 0 aliphatic carbocycles. The van der Waals surface area contributed by atoms with Crippen LogP contribution in [0.1, 0.15) is 23.8 Å². The molecule has 0 amide bonds. The van der Waals surface area contributed by atoms with E-state index in [2.05, 4.69) is 15.9 Å². The maximum atomic E-state index is 9.95. The Labute approximate surface area is 89.7 Å². The average Bonchev–Trinajstić information content (AvgIpc) is 2.72. The first-order chi connectivity index (χ1) is 6.29. The largest absolute Gasteiger partial charge is 0.385 e. The normalized spacial score (nSPS) is 24.9. The number of aliphatic hydroxyl groups is 1.